The summed E-state index contributed by atoms with van der Waals surface area (Å²) in [6, 6.07) is 10.2. The second-order valence-electron chi connectivity index (χ2n) is 7.30. The van der Waals surface area contributed by atoms with Crippen molar-refractivity contribution < 1.29 is 0 Å². The zero-order valence-electron chi connectivity index (χ0n) is 17.7. The van der Waals surface area contributed by atoms with Gasteiger partial charge in [0.25, 0.3) is 0 Å². The molecule has 1 aliphatic rings. The van der Waals surface area contributed by atoms with Crippen molar-refractivity contribution in [2.45, 2.75) is 20.3 Å². The zero-order chi connectivity index (χ0) is 20.1. The van der Waals surface area contributed by atoms with Gasteiger partial charge in [-0.25, -0.2) is 9.97 Å². The number of halogens is 1. The van der Waals surface area contributed by atoms with E-state index in [0.717, 1.165) is 68.8 Å². The van der Waals surface area contributed by atoms with Crippen LogP contribution in [0.2, 0.25) is 0 Å². The highest BCUT2D eigenvalue weighted by Crippen LogP contribution is 2.13. The van der Waals surface area contributed by atoms with Gasteiger partial charge >= 0.3 is 0 Å². The summed E-state index contributed by atoms with van der Waals surface area (Å²) in [5.74, 6) is 2.05. The number of imidazole rings is 1. The van der Waals surface area contributed by atoms with Gasteiger partial charge in [0.1, 0.15) is 11.5 Å². The molecule has 0 atom stereocenters. The third kappa shape index (κ3) is 5.21. The summed E-state index contributed by atoms with van der Waals surface area (Å²) in [5.41, 5.74) is 3.31. The number of nitrogens with zero attached hydrogens (tertiary/aromatic N) is 6. The van der Waals surface area contributed by atoms with E-state index in [4.69, 9.17) is 9.98 Å². The average Bonchev–Trinajstić information content (AvgIpc) is 3.18. The van der Waals surface area contributed by atoms with E-state index in [0.29, 0.717) is 0 Å². The molecule has 0 saturated carbocycles. The Kier molecular flexibility index (Phi) is 7.89. The molecular weight excluding hydrogens is 489 g/mol. The molecule has 0 spiro atoms. The largest absolute Gasteiger partial charge is 0.357 e. The van der Waals surface area contributed by atoms with Crippen LogP contribution in [-0.4, -0.2) is 64.5 Å². The highest BCUT2D eigenvalue weighted by Gasteiger charge is 2.20. The number of piperazine rings is 1. The Morgan fingerprint density at radius 2 is 1.97 bits per heavy atom. The Hall–Kier alpha value is -2.36. The topological polar surface area (TPSA) is 61.1 Å². The minimum Gasteiger partial charge on any atom is -0.357 e. The average molecular weight is 519 g/mol. The summed E-state index contributed by atoms with van der Waals surface area (Å²) in [7, 11) is 0. The predicted octanol–water partition coefficient (Wildman–Crippen LogP) is 2.99. The number of anilines is 1. The fraction of sp³-hybridized carbons (Fsp3) is 0.409. The fourth-order valence-electron chi connectivity index (χ4n) is 3.72. The lowest BCUT2D eigenvalue weighted by molar-refractivity contribution is 0.371. The maximum absolute atomic E-state index is 4.87. The number of pyridine rings is 2. The van der Waals surface area contributed by atoms with E-state index in [1.54, 1.807) is 0 Å². The Morgan fingerprint density at radius 3 is 2.67 bits per heavy atom. The molecule has 0 aliphatic carbocycles. The molecule has 0 amide bonds. The lowest BCUT2D eigenvalue weighted by atomic mass is 10.3. The number of nitrogens with one attached hydrogen (secondary N) is 1. The fourth-order valence-corrected chi connectivity index (χ4v) is 3.72. The van der Waals surface area contributed by atoms with Crippen LogP contribution in [-0.2, 0) is 6.42 Å². The molecule has 0 bridgehead atoms. The molecule has 1 fully saturated rings. The summed E-state index contributed by atoms with van der Waals surface area (Å²) >= 11 is 0. The quantitative estimate of drug-likeness (QED) is 0.319. The molecule has 0 aromatic carbocycles. The van der Waals surface area contributed by atoms with Crippen LogP contribution < -0.4 is 10.2 Å². The van der Waals surface area contributed by atoms with Gasteiger partial charge in [0.2, 0.25) is 0 Å². The van der Waals surface area contributed by atoms with Crippen molar-refractivity contribution in [1.82, 2.24) is 24.6 Å². The number of rotatable bonds is 5. The highest BCUT2D eigenvalue weighted by atomic mass is 127. The van der Waals surface area contributed by atoms with Crippen molar-refractivity contribution in [2.75, 3.05) is 44.2 Å². The predicted molar refractivity (Wildman–Crippen MR) is 133 cm³/mol. The van der Waals surface area contributed by atoms with E-state index >= 15 is 0 Å². The normalized spacial score (nSPS) is 14.7. The number of guanidine groups is 1. The zero-order valence-corrected chi connectivity index (χ0v) is 20.0. The molecule has 30 heavy (non-hydrogen) atoms. The van der Waals surface area contributed by atoms with Gasteiger partial charge in [-0.05, 0) is 37.6 Å². The molecule has 4 heterocycles. The molecular formula is C22H30IN7. The molecule has 4 rings (SSSR count). The Balaban J connectivity index is 0.00000256. The lowest BCUT2D eigenvalue weighted by Gasteiger charge is -2.37. The minimum absolute atomic E-state index is 0. The van der Waals surface area contributed by atoms with Crippen LogP contribution in [0.3, 0.4) is 0 Å². The van der Waals surface area contributed by atoms with Crippen LogP contribution in [0.15, 0.2) is 53.9 Å². The Labute approximate surface area is 195 Å². The maximum Gasteiger partial charge on any atom is 0.194 e. The standard InChI is InChI=1S/C22H29N7.HI/c1-3-23-22(28-15-13-27(14-16-28)20-8-4-5-10-24-20)25-11-9-19-17-29-12-6-7-18(2)21(29)26-19;/h4-8,10,12,17H,3,9,11,13-16H2,1-2H3,(H,23,25);1H. The highest BCUT2D eigenvalue weighted by molar-refractivity contribution is 14.0. The molecule has 0 unspecified atom stereocenters. The van der Waals surface area contributed by atoms with Crippen LogP contribution in [0.25, 0.3) is 5.65 Å². The van der Waals surface area contributed by atoms with Crippen molar-refractivity contribution in [3.63, 3.8) is 0 Å². The monoisotopic (exact) mass is 519 g/mol. The first-order chi connectivity index (χ1) is 14.2. The molecule has 3 aromatic rings. The van der Waals surface area contributed by atoms with Crippen molar-refractivity contribution >= 4 is 41.4 Å². The number of aromatic nitrogens is 3. The van der Waals surface area contributed by atoms with Crippen LogP contribution in [0.5, 0.6) is 0 Å². The first-order valence-electron chi connectivity index (χ1n) is 10.4. The van der Waals surface area contributed by atoms with E-state index in [9.17, 15) is 0 Å². The first kappa shape index (κ1) is 22.3. The van der Waals surface area contributed by atoms with Crippen LogP contribution in [0.1, 0.15) is 18.2 Å². The molecule has 3 aromatic heterocycles. The third-order valence-corrected chi connectivity index (χ3v) is 5.24. The van der Waals surface area contributed by atoms with E-state index in [-0.39, 0.29) is 24.0 Å². The van der Waals surface area contributed by atoms with Gasteiger partial charge in [0.15, 0.2) is 5.96 Å². The van der Waals surface area contributed by atoms with Gasteiger partial charge in [-0.3, -0.25) is 4.99 Å². The van der Waals surface area contributed by atoms with Crippen molar-refractivity contribution in [1.29, 1.82) is 0 Å². The second kappa shape index (κ2) is 10.6. The number of hydrogen-bond acceptors (Lipinski definition) is 4. The summed E-state index contributed by atoms with van der Waals surface area (Å²) in [6.45, 7) is 9.59. The summed E-state index contributed by atoms with van der Waals surface area (Å²) in [5, 5.41) is 3.45. The van der Waals surface area contributed by atoms with E-state index in [2.05, 4.69) is 62.7 Å². The number of hydrogen-bond donors (Lipinski definition) is 1. The van der Waals surface area contributed by atoms with E-state index in [1.165, 1.54) is 5.56 Å². The van der Waals surface area contributed by atoms with Crippen LogP contribution >= 0.6 is 24.0 Å². The summed E-state index contributed by atoms with van der Waals surface area (Å²) in [4.78, 5) is 18.8. The van der Waals surface area contributed by atoms with E-state index in [1.807, 2.05) is 24.5 Å². The van der Waals surface area contributed by atoms with Crippen LogP contribution in [0.4, 0.5) is 5.82 Å². The first-order valence-corrected chi connectivity index (χ1v) is 10.4. The molecule has 1 aliphatic heterocycles. The van der Waals surface area contributed by atoms with Crippen molar-refractivity contribution in [2.24, 2.45) is 4.99 Å². The van der Waals surface area contributed by atoms with E-state index < -0.39 is 0 Å². The van der Waals surface area contributed by atoms with Gasteiger partial charge in [-0.2, -0.15) is 0 Å². The molecule has 1 N–H and O–H groups in total. The molecule has 7 nitrogen and oxygen atoms in total. The third-order valence-electron chi connectivity index (χ3n) is 5.24. The Morgan fingerprint density at radius 1 is 1.13 bits per heavy atom. The molecule has 8 heteroatoms. The SMILES string of the molecule is CCNC(=NCCc1cn2cccc(C)c2n1)N1CCN(c2ccccn2)CC1.I. The Bertz CT molecular complexity index is 962. The molecule has 160 valence electrons. The molecule has 1 saturated heterocycles. The van der Waals surface area contributed by atoms with Gasteiger partial charge < -0.3 is 19.5 Å². The van der Waals surface area contributed by atoms with Crippen molar-refractivity contribution in [3.8, 4) is 0 Å². The summed E-state index contributed by atoms with van der Waals surface area (Å²) in [6.07, 6.45) is 6.85. The number of fused-ring (bicyclic) bond motifs is 1. The second-order valence-corrected chi connectivity index (χ2v) is 7.30. The van der Waals surface area contributed by atoms with Gasteiger partial charge in [0, 0.05) is 64.3 Å². The number of aryl methyl sites for hydroxylation is 1. The maximum atomic E-state index is 4.87. The number of aliphatic imine (C=N–C) groups is 1. The lowest BCUT2D eigenvalue weighted by Crippen LogP contribution is -2.52. The van der Waals surface area contributed by atoms with Gasteiger partial charge in [-0.15, -0.1) is 24.0 Å². The minimum atomic E-state index is 0. The smallest absolute Gasteiger partial charge is 0.194 e. The van der Waals surface area contributed by atoms with Crippen molar-refractivity contribution in [3.05, 3.63) is 60.2 Å². The molecule has 0 radical (unpaired) electrons. The van der Waals surface area contributed by atoms with Gasteiger partial charge in [0.05, 0.1) is 5.69 Å². The summed E-state index contributed by atoms with van der Waals surface area (Å²) < 4.78 is 2.09. The van der Waals surface area contributed by atoms with Crippen LogP contribution in [0, 0.1) is 6.92 Å². The van der Waals surface area contributed by atoms with Gasteiger partial charge in [-0.1, -0.05) is 12.1 Å².